The predicted molar refractivity (Wildman–Crippen MR) is 141 cm³/mol. The quantitative estimate of drug-likeness (QED) is 0.233. The summed E-state index contributed by atoms with van der Waals surface area (Å²) in [5.74, 6) is 2.86. The molecule has 1 aliphatic rings. The van der Waals surface area contributed by atoms with Crippen molar-refractivity contribution >= 4 is 22.8 Å². The highest BCUT2D eigenvalue weighted by Crippen LogP contribution is 2.39. The van der Waals surface area contributed by atoms with Crippen molar-refractivity contribution in [3.63, 3.8) is 0 Å². The molecule has 3 aromatic rings. The topological polar surface area (TPSA) is 48.3 Å². The first-order valence-corrected chi connectivity index (χ1v) is 12.4. The smallest absolute Gasteiger partial charge is 0.231 e. The molecule has 0 spiro atoms. The highest BCUT2D eigenvalue weighted by atomic mass is 16.5. The number of hydrogen-bond donors (Lipinski definition) is 0. The number of hydrogen-bond acceptors (Lipinski definition) is 3. The Hall–Kier alpha value is -3.62. The predicted octanol–water partition coefficient (Wildman–Crippen LogP) is 7.26. The number of fused-ring (bicyclic) bond motifs is 1. The van der Waals surface area contributed by atoms with Crippen molar-refractivity contribution in [2.24, 2.45) is 5.41 Å². The largest absolute Gasteiger partial charge is 0.489 e. The maximum atomic E-state index is 13.6. The van der Waals surface area contributed by atoms with Crippen molar-refractivity contribution in [1.29, 1.82) is 0 Å². The van der Waals surface area contributed by atoms with Gasteiger partial charge in [0.15, 0.2) is 0 Å². The number of carbonyl (C=O) groups is 1. The first-order valence-electron chi connectivity index (χ1n) is 12.4. The molecule has 0 amide bonds. The summed E-state index contributed by atoms with van der Waals surface area (Å²) in [7, 11) is 0. The van der Waals surface area contributed by atoms with Gasteiger partial charge in [-0.1, -0.05) is 55.5 Å². The molecule has 35 heavy (non-hydrogen) atoms. The lowest BCUT2D eigenvalue weighted by Gasteiger charge is -2.31. The molecule has 0 aliphatic heterocycles. The fraction of sp³-hybridized carbons (Fsp3) is 0.323. The van der Waals surface area contributed by atoms with E-state index in [0.717, 1.165) is 53.5 Å². The number of carbonyl (C=O) groups excluding carboxylic acids is 2. The van der Waals surface area contributed by atoms with Gasteiger partial charge in [-0.05, 0) is 66.8 Å². The Morgan fingerprint density at radius 3 is 2.74 bits per heavy atom. The van der Waals surface area contributed by atoms with Gasteiger partial charge in [-0.15, -0.1) is 6.58 Å². The maximum Gasteiger partial charge on any atom is 0.231 e. The standard InChI is InChI=1S/C31H33NO3/c1-3-11-25(22-33)18-26-21-32(30(34)20-31(4-2)16-9-6-10-17-31)29-15-14-27(19-28(26)29)35-23-24-12-7-5-8-13-24/h3,5,7-9,12-16,19,21H,1,4,6,10-11,17-18,20,23H2,2H3. The van der Waals surface area contributed by atoms with Crippen molar-refractivity contribution in [3.05, 3.63) is 96.2 Å². The van der Waals surface area contributed by atoms with Crippen LogP contribution in [0.5, 0.6) is 5.75 Å². The first-order chi connectivity index (χ1) is 17.1. The Morgan fingerprint density at radius 1 is 1.23 bits per heavy atom. The zero-order chi connectivity index (χ0) is 24.7. The number of nitrogens with zero attached hydrogens (tertiary/aromatic N) is 1. The van der Waals surface area contributed by atoms with Crippen LogP contribution < -0.4 is 4.74 Å². The molecule has 4 nitrogen and oxygen atoms in total. The van der Waals surface area contributed by atoms with E-state index < -0.39 is 0 Å². The van der Waals surface area contributed by atoms with E-state index in [4.69, 9.17) is 4.74 Å². The summed E-state index contributed by atoms with van der Waals surface area (Å²) in [6.45, 7) is 6.37. The molecule has 1 atom stereocenters. The molecular weight excluding hydrogens is 434 g/mol. The maximum absolute atomic E-state index is 13.6. The molecule has 1 aliphatic carbocycles. The summed E-state index contributed by atoms with van der Waals surface area (Å²) in [4.78, 5) is 25.1. The zero-order valence-corrected chi connectivity index (χ0v) is 20.5. The minimum atomic E-state index is -0.0818. The van der Waals surface area contributed by atoms with Crippen molar-refractivity contribution in [1.82, 2.24) is 4.57 Å². The van der Waals surface area contributed by atoms with Crippen LogP contribution in [0.3, 0.4) is 0 Å². The third-order valence-corrected chi connectivity index (χ3v) is 7.04. The molecule has 0 saturated carbocycles. The van der Waals surface area contributed by atoms with Crippen molar-refractivity contribution in [2.75, 3.05) is 0 Å². The first kappa shape index (κ1) is 24.5. The van der Waals surface area contributed by atoms with Crippen LogP contribution in [0, 0.1) is 5.41 Å². The Labute approximate surface area is 207 Å². The van der Waals surface area contributed by atoms with Crippen molar-refractivity contribution in [3.8, 4) is 5.75 Å². The highest BCUT2D eigenvalue weighted by molar-refractivity contribution is 5.95. The van der Waals surface area contributed by atoms with Crippen LogP contribution in [-0.4, -0.2) is 16.4 Å². The monoisotopic (exact) mass is 467 g/mol. The molecule has 0 radical (unpaired) electrons. The van der Waals surface area contributed by atoms with E-state index in [2.05, 4.69) is 31.6 Å². The van der Waals surface area contributed by atoms with Crippen LogP contribution >= 0.6 is 0 Å². The number of ether oxygens (including phenoxy) is 1. The average molecular weight is 468 g/mol. The third-order valence-electron chi connectivity index (χ3n) is 7.04. The van der Waals surface area contributed by atoms with Crippen LogP contribution in [0.1, 0.15) is 61.4 Å². The van der Waals surface area contributed by atoms with E-state index >= 15 is 0 Å². The van der Waals surface area contributed by atoms with Gasteiger partial charge in [-0.3, -0.25) is 9.36 Å². The fourth-order valence-electron chi connectivity index (χ4n) is 4.95. The van der Waals surface area contributed by atoms with Gasteiger partial charge >= 0.3 is 0 Å². The summed E-state index contributed by atoms with van der Waals surface area (Å²) < 4.78 is 7.82. The second-order valence-electron chi connectivity index (χ2n) is 9.43. The summed E-state index contributed by atoms with van der Waals surface area (Å²) in [5.41, 5.74) is 3.38. The molecule has 180 valence electrons. The SMILES string of the molecule is C=CCC(=C=O)Cc1cn(C(=O)CC2(CC)C=CCCC2)c2ccc(OCc3ccccc3)cc12. The summed E-state index contributed by atoms with van der Waals surface area (Å²) >= 11 is 0. The zero-order valence-electron chi connectivity index (χ0n) is 20.5. The van der Waals surface area contributed by atoms with Crippen LogP contribution in [0.2, 0.25) is 0 Å². The summed E-state index contributed by atoms with van der Waals surface area (Å²) in [6.07, 6.45) is 13.6. The molecule has 4 rings (SSSR count). The average Bonchev–Trinajstić information content (AvgIpc) is 3.26. The van der Waals surface area contributed by atoms with Gasteiger partial charge in [0, 0.05) is 30.0 Å². The number of allylic oxidation sites excluding steroid dienone is 4. The van der Waals surface area contributed by atoms with Gasteiger partial charge in [-0.25, -0.2) is 4.79 Å². The molecule has 1 unspecified atom stereocenters. The molecule has 0 bridgehead atoms. The summed E-state index contributed by atoms with van der Waals surface area (Å²) in [6, 6.07) is 15.8. The summed E-state index contributed by atoms with van der Waals surface area (Å²) in [5, 5.41) is 0.922. The lowest BCUT2D eigenvalue weighted by molar-refractivity contribution is 0.0846. The van der Waals surface area contributed by atoms with Gasteiger partial charge in [-0.2, -0.15) is 0 Å². The molecule has 0 N–H and O–H groups in total. The second-order valence-corrected chi connectivity index (χ2v) is 9.43. The van der Waals surface area contributed by atoms with E-state index in [0.29, 0.717) is 31.4 Å². The van der Waals surface area contributed by atoms with Gasteiger partial charge < -0.3 is 4.74 Å². The van der Waals surface area contributed by atoms with Crippen LogP contribution in [0.4, 0.5) is 0 Å². The second kappa shape index (κ2) is 11.2. The molecule has 2 aromatic carbocycles. The van der Waals surface area contributed by atoms with Gasteiger partial charge in [0.2, 0.25) is 5.91 Å². The molecule has 4 heteroatoms. The molecule has 0 saturated heterocycles. The van der Waals surface area contributed by atoms with Gasteiger partial charge in [0.05, 0.1) is 5.52 Å². The van der Waals surface area contributed by atoms with Crippen LogP contribution in [0.15, 0.2) is 85.1 Å². The van der Waals surface area contributed by atoms with E-state index in [1.165, 1.54) is 0 Å². The Bertz CT molecular complexity index is 1280. The molecule has 1 aromatic heterocycles. The van der Waals surface area contributed by atoms with Crippen LogP contribution in [-0.2, 0) is 17.8 Å². The van der Waals surface area contributed by atoms with E-state index in [1.807, 2.05) is 54.7 Å². The van der Waals surface area contributed by atoms with Gasteiger partial charge in [0.1, 0.15) is 18.3 Å². The fourth-order valence-corrected chi connectivity index (χ4v) is 4.95. The van der Waals surface area contributed by atoms with Crippen LogP contribution in [0.25, 0.3) is 10.9 Å². The minimum Gasteiger partial charge on any atom is -0.489 e. The number of benzene rings is 2. The lowest BCUT2D eigenvalue weighted by Crippen LogP contribution is -2.26. The molecular formula is C31H33NO3. The van der Waals surface area contributed by atoms with E-state index in [-0.39, 0.29) is 11.3 Å². The van der Waals surface area contributed by atoms with E-state index in [9.17, 15) is 9.59 Å². The van der Waals surface area contributed by atoms with Crippen molar-refractivity contribution < 1.29 is 14.3 Å². The molecule has 0 fully saturated rings. The van der Waals surface area contributed by atoms with E-state index in [1.54, 1.807) is 10.6 Å². The lowest BCUT2D eigenvalue weighted by atomic mass is 9.74. The highest BCUT2D eigenvalue weighted by Gasteiger charge is 2.30. The van der Waals surface area contributed by atoms with Gasteiger partial charge in [0.25, 0.3) is 0 Å². The molecule has 1 heterocycles. The Balaban J connectivity index is 1.68. The Morgan fingerprint density at radius 2 is 2.06 bits per heavy atom. The van der Waals surface area contributed by atoms with Crippen molar-refractivity contribution in [2.45, 2.75) is 58.5 Å². The minimum absolute atomic E-state index is 0.0768. The third kappa shape index (κ3) is 5.72. The number of aromatic nitrogens is 1. The Kier molecular flexibility index (Phi) is 7.84. The normalized spacial score (nSPS) is 17.2. The number of rotatable bonds is 10.